The summed E-state index contributed by atoms with van der Waals surface area (Å²) >= 11 is 0. The maximum atomic E-state index is 13.9. The molecule has 1 aromatic carbocycles. The lowest BCUT2D eigenvalue weighted by Crippen LogP contribution is -2.54. The number of nitrogens with zero attached hydrogens (tertiary/aromatic N) is 2. The third kappa shape index (κ3) is 3.32. The molecule has 0 spiro atoms. The van der Waals surface area contributed by atoms with Crippen molar-refractivity contribution in [3.8, 4) is 0 Å². The lowest BCUT2D eigenvalue weighted by atomic mass is 10.0. The Morgan fingerprint density at radius 1 is 1.14 bits per heavy atom. The van der Waals surface area contributed by atoms with E-state index in [4.69, 9.17) is 5.73 Å². The van der Waals surface area contributed by atoms with Crippen molar-refractivity contribution in [2.75, 3.05) is 31.9 Å². The summed E-state index contributed by atoms with van der Waals surface area (Å²) in [7, 11) is 0. The van der Waals surface area contributed by atoms with Crippen molar-refractivity contribution < 1.29 is 13.6 Å². The summed E-state index contributed by atoms with van der Waals surface area (Å²) in [5, 5.41) is 0. The van der Waals surface area contributed by atoms with Crippen LogP contribution in [0.15, 0.2) is 12.1 Å². The molecule has 2 N–H and O–H groups in total. The number of rotatable bonds is 1. The summed E-state index contributed by atoms with van der Waals surface area (Å²) in [6, 6.07) is 1.79. The first kappa shape index (κ1) is 15.7. The Morgan fingerprint density at radius 3 is 2.24 bits per heavy atom. The van der Waals surface area contributed by atoms with Crippen LogP contribution in [0.5, 0.6) is 0 Å². The molecule has 1 saturated heterocycles. The molecular weight excluding hydrogens is 276 g/mol. The Labute approximate surface area is 123 Å². The van der Waals surface area contributed by atoms with Crippen molar-refractivity contribution in [2.24, 2.45) is 0 Å². The third-order valence-electron chi connectivity index (χ3n) is 3.81. The van der Waals surface area contributed by atoms with Gasteiger partial charge < -0.3 is 10.6 Å². The summed E-state index contributed by atoms with van der Waals surface area (Å²) < 4.78 is 27.2. The van der Waals surface area contributed by atoms with Crippen molar-refractivity contribution in [1.29, 1.82) is 0 Å². The Morgan fingerprint density at radius 2 is 1.71 bits per heavy atom. The van der Waals surface area contributed by atoms with E-state index in [0.717, 1.165) is 12.1 Å². The van der Waals surface area contributed by atoms with Gasteiger partial charge in [0, 0.05) is 31.7 Å². The number of carbonyl (C=O) groups excluding carboxylic acids is 1. The highest BCUT2D eigenvalue weighted by Crippen LogP contribution is 2.21. The second kappa shape index (κ2) is 5.60. The van der Waals surface area contributed by atoms with Crippen molar-refractivity contribution in [2.45, 2.75) is 26.3 Å². The maximum Gasteiger partial charge on any atom is 0.257 e. The van der Waals surface area contributed by atoms with Crippen LogP contribution in [0.4, 0.5) is 14.5 Å². The van der Waals surface area contributed by atoms with Gasteiger partial charge in [-0.05, 0) is 32.9 Å². The Kier molecular flexibility index (Phi) is 4.18. The van der Waals surface area contributed by atoms with Crippen LogP contribution in [0.25, 0.3) is 0 Å². The summed E-state index contributed by atoms with van der Waals surface area (Å²) in [5.74, 6) is -2.06. The third-order valence-corrected chi connectivity index (χ3v) is 3.81. The average molecular weight is 297 g/mol. The van der Waals surface area contributed by atoms with Crippen molar-refractivity contribution in [3.05, 3.63) is 29.3 Å². The normalized spacial score (nSPS) is 17.1. The first-order chi connectivity index (χ1) is 9.70. The molecule has 2 rings (SSSR count). The average Bonchev–Trinajstić information content (AvgIpc) is 2.41. The molecular formula is C15H21F2N3O. The number of nitrogens with two attached hydrogens (primary N) is 1. The van der Waals surface area contributed by atoms with Crippen LogP contribution < -0.4 is 5.73 Å². The predicted molar refractivity (Wildman–Crippen MR) is 78.0 cm³/mol. The van der Waals surface area contributed by atoms with E-state index in [-0.39, 0.29) is 16.8 Å². The smallest absolute Gasteiger partial charge is 0.257 e. The van der Waals surface area contributed by atoms with E-state index in [2.05, 4.69) is 25.7 Å². The lowest BCUT2D eigenvalue weighted by molar-refractivity contribution is 0.0447. The van der Waals surface area contributed by atoms with Gasteiger partial charge in [0.15, 0.2) is 5.82 Å². The van der Waals surface area contributed by atoms with E-state index in [0.29, 0.717) is 26.2 Å². The van der Waals surface area contributed by atoms with Gasteiger partial charge in [0.2, 0.25) is 0 Å². The van der Waals surface area contributed by atoms with Crippen LogP contribution in [-0.2, 0) is 0 Å². The van der Waals surface area contributed by atoms with E-state index < -0.39 is 17.5 Å². The van der Waals surface area contributed by atoms with Gasteiger partial charge in [0.1, 0.15) is 5.82 Å². The van der Waals surface area contributed by atoms with E-state index >= 15 is 0 Å². The van der Waals surface area contributed by atoms with Gasteiger partial charge in [-0.1, -0.05) is 0 Å². The number of benzene rings is 1. The van der Waals surface area contributed by atoms with Crippen LogP contribution in [0, 0.1) is 11.6 Å². The highest BCUT2D eigenvalue weighted by Gasteiger charge is 2.29. The van der Waals surface area contributed by atoms with Crippen molar-refractivity contribution >= 4 is 11.6 Å². The van der Waals surface area contributed by atoms with Gasteiger partial charge in [0.05, 0.1) is 11.3 Å². The lowest BCUT2D eigenvalue weighted by Gasteiger charge is -2.42. The zero-order valence-electron chi connectivity index (χ0n) is 12.6. The highest BCUT2D eigenvalue weighted by atomic mass is 19.1. The molecule has 0 saturated carbocycles. The molecule has 116 valence electrons. The molecule has 0 aromatic heterocycles. The summed E-state index contributed by atoms with van der Waals surface area (Å²) in [4.78, 5) is 16.1. The van der Waals surface area contributed by atoms with Crippen LogP contribution in [0.2, 0.25) is 0 Å². The molecule has 1 amide bonds. The Bertz CT molecular complexity index is 547. The number of hydrogen-bond acceptors (Lipinski definition) is 3. The Hall–Kier alpha value is -1.69. The zero-order chi connectivity index (χ0) is 15.8. The molecule has 1 aliphatic heterocycles. The molecule has 6 heteroatoms. The molecule has 21 heavy (non-hydrogen) atoms. The molecule has 4 nitrogen and oxygen atoms in total. The highest BCUT2D eigenvalue weighted by molar-refractivity contribution is 5.95. The molecule has 0 aliphatic carbocycles. The number of piperazine rings is 1. The van der Waals surface area contributed by atoms with E-state index in [1.165, 1.54) is 0 Å². The molecule has 0 radical (unpaired) electrons. The molecule has 1 heterocycles. The van der Waals surface area contributed by atoms with Crippen molar-refractivity contribution in [1.82, 2.24) is 9.80 Å². The minimum atomic E-state index is -0.848. The molecule has 0 unspecified atom stereocenters. The quantitative estimate of drug-likeness (QED) is 0.808. The SMILES string of the molecule is CC(C)(C)N1CCN(C(=O)c2cc(F)cc(N)c2F)CC1. The fourth-order valence-electron chi connectivity index (χ4n) is 2.52. The monoisotopic (exact) mass is 297 g/mol. The standard InChI is InChI=1S/C15H21F2N3O/c1-15(2,3)20-6-4-19(5-7-20)14(21)11-8-10(16)9-12(18)13(11)17/h8-9H,4-7,18H2,1-3H3. The molecule has 1 aromatic rings. The molecule has 0 bridgehead atoms. The zero-order valence-corrected chi connectivity index (χ0v) is 12.6. The number of nitrogen functional groups attached to an aromatic ring is 1. The maximum absolute atomic E-state index is 13.9. The number of hydrogen-bond donors (Lipinski definition) is 1. The molecule has 1 aliphatic rings. The molecule has 1 fully saturated rings. The number of carbonyl (C=O) groups is 1. The van der Waals surface area contributed by atoms with Gasteiger partial charge >= 0.3 is 0 Å². The van der Waals surface area contributed by atoms with Crippen LogP contribution in [0.3, 0.4) is 0 Å². The molecule has 0 atom stereocenters. The van der Waals surface area contributed by atoms with Crippen LogP contribution >= 0.6 is 0 Å². The van der Waals surface area contributed by atoms with Crippen LogP contribution in [0.1, 0.15) is 31.1 Å². The topological polar surface area (TPSA) is 49.6 Å². The fraction of sp³-hybridized carbons (Fsp3) is 0.533. The predicted octanol–water partition coefficient (Wildman–Crippen LogP) is 2.10. The van der Waals surface area contributed by atoms with Gasteiger partial charge in [-0.3, -0.25) is 9.69 Å². The van der Waals surface area contributed by atoms with Gasteiger partial charge in [-0.15, -0.1) is 0 Å². The van der Waals surface area contributed by atoms with Gasteiger partial charge in [-0.25, -0.2) is 8.78 Å². The first-order valence-corrected chi connectivity index (χ1v) is 6.99. The van der Waals surface area contributed by atoms with Crippen LogP contribution in [-0.4, -0.2) is 47.4 Å². The van der Waals surface area contributed by atoms with Gasteiger partial charge in [-0.2, -0.15) is 0 Å². The minimum Gasteiger partial charge on any atom is -0.396 e. The second-order valence-electron chi connectivity index (χ2n) is 6.31. The summed E-state index contributed by atoms with van der Waals surface area (Å²) in [6.45, 7) is 8.73. The number of anilines is 1. The Balaban J connectivity index is 2.13. The van der Waals surface area contributed by atoms with E-state index in [9.17, 15) is 13.6 Å². The van der Waals surface area contributed by atoms with E-state index in [1.807, 2.05) is 0 Å². The fourth-order valence-corrected chi connectivity index (χ4v) is 2.52. The van der Waals surface area contributed by atoms with Gasteiger partial charge in [0.25, 0.3) is 5.91 Å². The van der Waals surface area contributed by atoms with E-state index in [1.54, 1.807) is 4.90 Å². The number of amides is 1. The summed E-state index contributed by atoms with van der Waals surface area (Å²) in [5.41, 5.74) is 4.77. The minimum absolute atomic E-state index is 0.0314. The number of halogens is 2. The second-order valence-corrected chi connectivity index (χ2v) is 6.31. The largest absolute Gasteiger partial charge is 0.396 e. The first-order valence-electron chi connectivity index (χ1n) is 6.99. The summed E-state index contributed by atoms with van der Waals surface area (Å²) in [6.07, 6.45) is 0. The van der Waals surface area contributed by atoms with Crippen molar-refractivity contribution in [3.63, 3.8) is 0 Å².